The fraction of sp³-hybridized carbons (Fsp3) is 0.467. The Morgan fingerprint density at radius 3 is 2.75 bits per heavy atom. The molecule has 1 amide bonds. The SMILES string of the molecule is CNC(=O)c1ccc2[nH]n(C3CCCCC3)c(=O)c2c1. The largest absolute Gasteiger partial charge is 0.355 e. The van der Waals surface area contributed by atoms with Crippen LogP contribution in [0.5, 0.6) is 0 Å². The lowest BCUT2D eigenvalue weighted by atomic mass is 9.96. The highest BCUT2D eigenvalue weighted by Gasteiger charge is 2.19. The maximum atomic E-state index is 12.5. The molecule has 2 aromatic rings. The molecule has 0 bridgehead atoms. The van der Waals surface area contributed by atoms with Crippen molar-refractivity contribution in [2.75, 3.05) is 7.05 Å². The van der Waals surface area contributed by atoms with E-state index in [0.29, 0.717) is 10.9 Å². The number of aromatic amines is 1. The van der Waals surface area contributed by atoms with Crippen LogP contribution < -0.4 is 10.9 Å². The fourth-order valence-electron chi connectivity index (χ4n) is 3.01. The van der Waals surface area contributed by atoms with Crippen molar-refractivity contribution >= 4 is 16.8 Å². The number of amides is 1. The molecule has 5 heteroatoms. The molecular weight excluding hydrogens is 254 g/mol. The zero-order valence-corrected chi connectivity index (χ0v) is 11.6. The Hall–Kier alpha value is -2.04. The Morgan fingerprint density at radius 1 is 1.30 bits per heavy atom. The van der Waals surface area contributed by atoms with E-state index in [2.05, 4.69) is 10.4 Å². The molecule has 2 N–H and O–H groups in total. The number of nitrogens with one attached hydrogen (secondary N) is 2. The number of benzene rings is 1. The second kappa shape index (κ2) is 5.15. The molecule has 0 unspecified atom stereocenters. The number of carbonyl (C=O) groups is 1. The van der Waals surface area contributed by atoms with Crippen LogP contribution in [0.1, 0.15) is 48.5 Å². The van der Waals surface area contributed by atoms with Crippen LogP contribution in [0.25, 0.3) is 10.9 Å². The van der Waals surface area contributed by atoms with Crippen molar-refractivity contribution in [2.45, 2.75) is 38.1 Å². The van der Waals surface area contributed by atoms with Gasteiger partial charge in [0.15, 0.2) is 0 Å². The van der Waals surface area contributed by atoms with Gasteiger partial charge in [-0.25, -0.2) is 4.68 Å². The Balaban J connectivity index is 2.05. The Morgan fingerprint density at radius 2 is 2.05 bits per heavy atom. The van der Waals surface area contributed by atoms with Crippen molar-refractivity contribution in [3.05, 3.63) is 34.1 Å². The molecular formula is C15H19N3O2. The zero-order valence-electron chi connectivity index (χ0n) is 11.6. The molecule has 0 spiro atoms. The minimum Gasteiger partial charge on any atom is -0.355 e. The lowest BCUT2D eigenvalue weighted by Crippen LogP contribution is -2.24. The van der Waals surface area contributed by atoms with E-state index in [1.807, 2.05) is 0 Å². The summed E-state index contributed by atoms with van der Waals surface area (Å²) in [7, 11) is 1.59. The highest BCUT2D eigenvalue weighted by atomic mass is 16.1. The van der Waals surface area contributed by atoms with Gasteiger partial charge < -0.3 is 5.32 Å². The zero-order chi connectivity index (χ0) is 14.1. The van der Waals surface area contributed by atoms with Crippen molar-refractivity contribution in [1.29, 1.82) is 0 Å². The Kier molecular flexibility index (Phi) is 3.34. The van der Waals surface area contributed by atoms with Gasteiger partial charge in [0.1, 0.15) is 0 Å². The van der Waals surface area contributed by atoms with Crippen LogP contribution in [0.3, 0.4) is 0 Å². The topological polar surface area (TPSA) is 66.9 Å². The van der Waals surface area contributed by atoms with Gasteiger partial charge in [0.05, 0.1) is 16.9 Å². The second-order valence-electron chi connectivity index (χ2n) is 5.42. The van der Waals surface area contributed by atoms with Gasteiger partial charge in [-0.3, -0.25) is 14.7 Å². The van der Waals surface area contributed by atoms with Gasteiger partial charge in [-0.05, 0) is 31.0 Å². The summed E-state index contributed by atoms with van der Waals surface area (Å²) >= 11 is 0. The summed E-state index contributed by atoms with van der Waals surface area (Å²) < 4.78 is 1.75. The van der Waals surface area contributed by atoms with Crippen LogP contribution in [-0.2, 0) is 0 Å². The van der Waals surface area contributed by atoms with Gasteiger partial charge in [0.2, 0.25) is 0 Å². The van der Waals surface area contributed by atoms with Crippen molar-refractivity contribution < 1.29 is 4.79 Å². The van der Waals surface area contributed by atoms with E-state index < -0.39 is 0 Å². The molecule has 5 nitrogen and oxygen atoms in total. The first kappa shape index (κ1) is 13.0. The quantitative estimate of drug-likeness (QED) is 0.880. The molecule has 1 aliphatic carbocycles. The van der Waals surface area contributed by atoms with E-state index >= 15 is 0 Å². The summed E-state index contributed by atoms with van der Waals surface area (Å²) in [6.07, 6.45) is 5.71. The molecule has 106 valence electrons. The van der Waals surface area contributed by atoms with Crippen molar-refractivity contribution in [3.63, 3.8) is 0 Å². The normalized spacial score (nSPS) is 16.4. The van der Waals surface area contributed by atoms with Gasteiger partial charge in [0, 0.05) is 12.6 Å². The molecule has 1 aliphatic rings. The molecule has 1 heterocycles. The number of rotatable bonds is 2. The molecule has 0 saturated heterocycles. The average Bonchev–Trinajstić information content (AvgIpc) is 2.84. The summed E-state index contributed by atoms with van der Waals surface area (Å²) in [6, 6.07) is 5.49. The van der Waals surface area contributed by atoms with Gasteiger partial charge in [0.25, 0.3) is 11.5 Å². The lowest BCUT2D eigenvalue weighted by Gasteiger charge is -2.21. The van der Waals surface area contributed by atoms with E-state index in [4.69, 9.17) is 0 Å². The molecule has 1 saturated carbocycles. The van der Waals surface area contributed by atoms with Crippen LogP contribution >= 0.6 is 0 Å². The van der Waals surface area contributed by atoms with Crippen LogP contribution in [-0.4, -0.2) is 22.7 Å². The number of H-pyrrole nitrogens is 1. The van der Waals surface area contributed by atoms with Gasteiger partial charge >= 0.3 is 0 Å². The minimum absolute atomic E-state index is 0.0161. The van der Waals surface area contributed by atoms with Crippen LogP contribution in [0, 0.1) is 0 Å². The smallest absolute Gasteiger partial charge is 0.274 e. The van der Waals surface area contributed by atoms with Crippen LogP contribution in [0.4, 0.5) is 0 Å². The van der Waals surface area contributed by atoms with Crippen LogP contribution in [0.2, 0.25) is 0 Å². The third-order valence-corrected chi connectivity index (χ3v) is 4.14. The summed E-state index contributed by atoms with van der Waals surface area (Å²) in [5.41, 5.74) is 1.30. The molecule has 3 rings (SSSR count). The molecule has 0 atom stereocenters. The van der Waals surface area contributed by atoms with Crippen molar-refractivity contribution in [3.8, 4) is 0 Å². The maximum absolute atomic E-state index is 12.5. The van der Waals surface area contributed by atoms with Gasteiger partial charge in [-0.1, -0.05) is 19.3 Å². The minimum atomic E-state index is -0.170. The van der Waals surface area contributed by atoms with E-state index in [1.54, 1.807) is 29.9 Å². The second-order valence-corrected chi connectivity index (χ2v) is 5.42. The van der Waals surface area contributed by atoms with E-state index in [-0.39, 0.29) is 17.5 Å². The first-order valence-corrected chi connectivity index (χ1v) is 7.17. The summed E-state index contributed by atoms with van der Waals surface area (Å²) in [5, 5.41) is 6.36. The molecule has 20 heavy (non-hydrogen) atoms. The third-order valence-electron chi connectivity index (χ3n) is 4.14. The number of carbonyl (C=O) groups excluding carboxylic acids is 1. The third kappa shape index (κ3) is 2.13. The first-order chi connectivity index (χ1) is 9.70. The Bertz CT molecular complexity index is 693. The van der Waals surface area contributed by atoms with E-state index in [0.717, 1.165) is 18.4 Å². The average molecular weight is 273 g/mol. The lowest BCUT2D eigenvalue weighted by molar-refractivity contribution is 0.0963. The number of hydrogen-bond donors (Lipinski definition) is 2. The monoisotopic (exact) mass is 273 g/mol. The number of nitrogens with zero attached hydrogens (tertiary/aromatic N) is 1. The fourth-order valence-corrected chi connectivity index (χ4v) is 3.01. The van der Waals surface area contributed by atoms with Crippen LogP contribution in [0.15, 0.2) is 23.0 Å². The van der Waals surface area contributed by atoms with E-state index in [1.165, 1.54) is 19.3 Å². The molecule has 1 fully saturated rings. The highest BCUT2D eigenvalue weighted by molar-refractivity contribution is 5.97. The molecule has 0 aliphatic heterocycles. The Labute approximate surface area is 117 Å². The molecule has 1 aromatic heterocycles. The number of hydrogen-bond acceptors (Lipinski definition) is 2. The van der Waals surface area contributed by atoms with E-state index in [9.17, 15) is 9.59 Å². The van der Waals surface area contributed by atoms with Crippen molar-refractivity contribution in [1.82, 2.24) is 15.1 Å². The van der Waals surface area contributed by atoms with Gasteiger partial charge in [-0.2, -0.15) is 0 Å². The predicted molar refractivity (Wildman–Crippen MR) is 78.1 cm³/mol. The van der Waals surface area contributed by atoms with Gasteiger partial charge in [-0.15, -0.1) is 0 Å². The number of aromatic nitrogens is 2. The molecule has 1 aromatic carbocycles. The standard InChI is InChI=1S/C15H19N3O2/c1-16-14(19)10-7-8-13-12(9-10)15(20)18(17-13)11-5-3-2-4-6-11/h7-9,11,17H,2-6H2,1H3,(H,16,19). The predicted octanol–water partition coefficient (Wildman–Crippen LogP) is 2.19. The highest BCUT2D eigenvalue weighted by Crippen LogP contribution is 2.27. The number of fused-ring (bicyclic) bond motifs is 1. The summed E-state index contributed by atoms with van der Waals surface area (Å²) in [4.78, 5) is 24.1. The van der Waals surface area contributed by atoms with Crippen molar-refractivity contribution in [2.24, 2.45) is 0 Å². The maximum Gasteiger partial charge on any atom is 0.274 e. The summed E-state index contributed by atoms with van der Waals surface area (Å²) in [6.45, 7) is 0. The molecule has 0 radical (unpaired) electrons. The summed E-state index contributed by atoms with van der Waals surface area (Å²) in [5.74, 6) is -0.170. The first-order valence-electron chi connectivity index (χ1n) is 7.17.